The van der Waals surface area contributed by atoms with E-state index in [2.05, 4.69) is 30.4 Å². The highest BCUT2D eigenvalue weighted by Gasteiger charge is 1.93. The Balaban J connectivity index is 2.16. The van der Waals surface area contributed by atoms with Crippen molar-refractivity contribution >= 4 is 12.2 Å². The van der Waals surface area contributed by atoms with Crippen LogP contribution in [0, 0.1) is 0 Å². The Kier molecular flexibility index (Phi) is 3.55. The van der Waals surface area contributed by atoms with E-state index in [-0.39, 0.29) is 0 Å². The van der Waals surface area contributed by atoms with Crippen LogP contribution in [0.4, 0.5) is 0 Å². The molecule has 0 spiro atoms. The number of aryl methyl sites for hydroxylation is 1. The first-order valence-corrected chi connectivity index (χ1v) is 5.55. The molecule has 1 aromatic heterocycles. The highest BCUT2D eigenvalue weighted by atomic mass is 16.5. The molecule has 17 heavy (non-hydrogen) atoms. The van der Waals surface area contributed by atoms with Crippen molar-refractivity contribution in [1.29, 1.82) is 0 Å². The van der Waals surface area contributed by atoms with Crippen LogP contribution in [0.1, 0.15) is 11.1 Å². The van der Waals surface area contributed by atoms with E-state index in [0.29, 0.717) is 0 Å². The van der Waals surface area contributed by atoms with Gasteiger partial charge in [0.1, 0.15) is 12.8 Å². The molecular weight excluding hydrogens is 210 g/mol. The molecule has 0 aliphatic carbocycles. The predicted octanol–water partition coefficient (Wildman–Crippen LogP) is 2.69. The van der Waals surface area contributed by atoms with Crippen molar-refractivity contribution in [3.8, 4) is 5.75 Å². The fraction of sp³-hybridized carbons (Fsp3) is 0.133. The lowest BCUT2D eigenvalue weighted by Crippen LogP contribution is -2.25. The van der Waals surface area contributed by atoms with Crippen LogP contribution in [0.2, 0.25) is 0 Å². The largest absolute Gasteiger partial charge is 0.497 e. The normalized spacial score (nSPS) is 10.7. The Labute approximate surface area is 102 Å². The van der Waals surface area contributed by atoms with Gasteiger partial charge in [-0.1, -0.05) is 24.3 Å². The van der Waals surface area contributed by atoms with Gasteiger partial charge in [-0.3, -0.25) is 0 Å². The van der Waals surface area contributed by atoms with Crippen molar-refractivity contribution in [3.63, 3.8) is 0 Å². The molecule has 0 aliphatic rings. The monoisotopic (exact) mass is 226 g/mol. The van der Waals surface area contributed by atoms with Gasteiger partial charge < -0.3 is 4.74 Å². The van der Waals surface area contributed by atoms with Gasteiger partial charge in [0.2, 0.25) is 0 Å². The van der Waals surface area contributed by atoms with E-state index < -0.39 is 0 Å². The number of rotatable bonds is 3. The number of hydrogen-bond donors (Lipinski definition) is 0. The lowest BCUT2D eigenvalue weighted by Gasteiger charge is -1.99. The number of benzene rings is 1. The number of nitrogens with zero attached hydrogens (tertiary/aromatic N) is 1. The summed E-state index contributed by atoms with van der Waals surface area (Å²) >= 11 is 0. The highest BCUT2D eigenvalue weighted by molar-refractivity contribution is 5.69. The fourth-order valence-electron chi connectivity index (χ4n) is 1.56. The minimum absolute atomic E-state index is 0.881. The second-order valence-electron chi connectivity index (χ2n) is 3.91. The maximum Gasteiger partial charge on any atom is 0.169 e. The Hall–Kier alpha value is -2.09. The van der Waals surface area contributed by atoms with Gasteiger partial charge in [0.05, 0.1) is 7.11 Å². The van der Waals surface area contributed by atoms with Gasteiger partial charge >= 0.3 is 0 Å². The molecule has 0 radical (unpaired) electrons. The Morgan fingerprint density at radius 2 is 1.71 bits per heavy atom. The topological polar surface area (TPSA) is 13.1 Å². The Morgan fingerprint density at radius 1 is 1.00 bits per heavy atom. The molecule has 2 aromatic rings. The van der Waals surface area contributed by atoms with Crippen LogP contribution in [0.3, 0.4) is 0 Å². The summed E-state index contributed by atoms with van der Waals surface area (Å²) in [6.07, 6.45) is 8.24. The molecular formula is C15H16NO+. The highest BCUT2D eigenvalue weighted by Crippen LogP contribution is 2.14. The summed E-state index contributed by atoms with van der Waals surface area (Å²) in [5.41, 5.74) is 2.32. The molecule has 2 heteroatoms. The first-order valence-electron chi connectivity index (χ1n) is 5.55. The van der Waals surface area contributed by atoms with E-state index in [1.54, 1.807) is 7.11 Å². The molecule has 0 saturated heterocycles. The summed E-state index contributed by atoms with van der Waals surface area (Å²) in [6.45, 7) is 0. The van der Waals surface area contributed by atoms with Crippen LogP contribution in [0.25, 0.3) is 12.2 Å². The second kappa shape index (κ2) is 5.30. The molecule has 0 fully saturated rings. The molecule has 86 valence electrons. The standard InChI is InChI=1S/C15H16NO/c1-16-10-8-13(9-11-16)6-7-14-4-3-5-15(12-14)17-2/h3-12H,1-2H3/q+1/b7-6+. The number of ether oxygens (including phenoxy) is 1. The maximum atomic E-state index is 5.19. The summed E-state index contributed by atoms with van der Waals surface area (Å²) in [5.74, 6) is 0.881. The second-order valence-corrected chi connectivity index (χ2v) is 3.91. The van der Waals surface area contributed by atoms with E-state index >= 15 is 0 Å². The smallest absolute Gasteiger partial charge is 0.169 e. The first-order chi connectivity index (χ1) is 8.28. The Bertz CT molecular complexity index is 515. The molecule has 1 aromatic carbocycles. The summed E-state index contributed by atoms with van der Waals surface area (Å²) < 4.78 is 7.20. The number of hydrogen-bond acceptors (Lipinski definition) is 1. The lowest BCUT2D eigenvalue weighted by atomic mass is 10.1. The zero-order valence-electron chi connectivity index (χ0n) is 10.1. The van der Waals surface area contributed by atoms with E-state index in [4.69, 9.17) is 4.74 Å². The maximum absolute atomic E-state index is 5.19. The van der Waals surface area contributed by atoms with Crippen LogP contribution >= 0.6 is 0 Å². The summed E-state index contributed by atoms with van der Waals surface area (Å²) in [6, 6.07) is 12.2. The van der Waals surface area contributed by atoms with E-state index in [0.717, 1.165) is 11.3 Å². The van der Waals surface area contributed by atoms with Gasteiger partial charge in [-0.2, -0.15) is 0 Å². The summed E-state index contributed by atoms with van der Waals surface area (Å²) in [7, 11) is 3.69. The van der Waals surface area contributed by atoms with Crippen molar-refractivity contribution in [1.82, 2.24) is 0 Å². The molecule has 0 unspecified atom stereocenters. The third-order valence-corrected chi connectivity index (χ3v) is 2.57. The number of aromatic nitrogens is 1. The molecule has 0 amide bonds. The number of methoxy groups -OCH3 is 1. The average molecular weight is 226 g/mol. The lowest BCUT2D eigenvalue weighted by molar-refractivity contribution is -0.671. The van der Waals surface area contributed by atoms with Crippen molar-refractivity contribution in [2.45, 2.75) is 0 Å². The van der Waals surface area contributed by atoms with Crippen LogP contribution < -0.4 is 9.30 Å². The van der Waals surface area contributed by atoms with Gasteiger partial charge in [-0.25, -0.2) is 4.57 Å². The molecule has 2 rings (SSSR count). The van der Waals surface area contributed by atoms with Gasteiger partial charge in [0.15, 0.2) is 12.4 Å². The SMILES string of the molecule is COc1cccc(/C=C/c2cc[n+](C)cc2)c1. The molecule has 2 nitrogen and oxygen atoms in total. The quantitative estimate of drug-likeness (QED) is 0.733. The first kappa shape index (κ1) is 11.4. The van der Waals surface area contributed by atoms with Crippen LogP contribution in [-0.2, 0) is 7.05 Å². The zero-order chi connectivity index (χ0) is 12.1. The minimum atomic E-state index is 0.881. The van der Waals surface area contributed by atoms with E-state index in [1.807, 2.05) is 42.2 Å². The summed E-state index contributed by atoms with van der Waals surface area (Å²) in [5, 5.41) is 0. The fourth-order valence-corrected chi connectivity index (χ4v) is 1.56. The van der Waals surface area contributed by atoms with Crippen LogP contribution in [-0.4, -0.2) is 7.11 Å². The predicted molar refractivity (Wildman–Crippen MR) is 69.5 cm³/mol. The van der Waals surface area contributed by atoms with Gasteiger partial charge in [0, 0.05) is 12.1 Å². The molecule has 0 N–H and O–H groups in total. The third-order valence-electron chi connectivity index (χ3n) is 2.57. The molecule has 0 saturated carbocycles. The molecule has 0 aliphatic heterocycles. The van der Waals surface area contributed by atoms with Crippen molar-refractivity contribution in [2.24, 2.45) is 7.05 Å². The van der Waals surface area contributed by atoms with Gasteiger partial charge in [-0.05, 0) is 23.3 Å². The van der Waals surface area contributed by atoms with Gasteiger partial charge in [0.25, 0.3) is 0 Å². The van der Waals surface area contributed by atoms with Crippen LogP contribution in [0.5, 0.6) is 5.75 Å². The van der Waals surface area contributed by atoms with Crippen molar-refractivity contribution < 1.29 is 9.30 Å². The van der Waals surface area contributed by atoms with Crippen LogP contribution in [0.15, 0.2) is 48.8 Å². The average Bonchev–Trinajstić information content (AvgIpc) is 2.38. The van der Waals surface area contributed by atoms with Gasteiger partial charge in [-0.15, -0.1) is 0 Å². The number of pyridine rings is 1. The third kappa shape index (κ3) is 3.18. The molecule has 1 heterocycles. The summed E-state index contributed by atoms with van der Waals surface area (Å²) in [4.78, 5) is 0. The minimum Gasteiger partial charge on any atom is -0.497 e. The van der Waals surface area contributed by atoms with E-state index in [1.165, 1.54) is 5.56 Å². The van der Waals surface area contributed by atoms with Crippen molar-refractivity contribution in [2.75, 3.05) is 7.11 Å². The van der Waals surface area contributed by atoms with E-state index in [9.17, 15) is 0 Å². The molecule has 0 bridgehead atoms. The zero-order valence-corrected chi connectivity index (χ0v) is 10.1. The Morgan fingerprint density at radius 3 is 2.41 bits per heavy atom. The molecule has 0 atom stereocenters. The van der Waals surface area contributed by atoms with Crippen molar-refractivity contribution in [3.05, 3.63) is 59.9 Å².